The second kappa shape index (κ2) is 5.84. The van der Waals surface area contributed by atoms with E-state index in [0.29, 0.717) is 18.2 Å². The van der Waals surface area contributed by atoms with Gasteiger partial charge in [-0.25, -0.2) is 4.98 Å². The third kappa shape index (κ3) is 3.32. The Kier molecular flexibility index (Phi) is 4.16. The number of H-pyrrole nitrogens is 1. The van der Waals surface area contributed by atoms with Crippen molar-refractivity contribution in [1.29, 1.82) is 0 Å². The molecular formula is C14H20N4O. The van der Waals surface area contributed by atoms with Gasteiger partial charge in [0.15, 0.2) is 0 Å². The molecule has 0 unspecified atom stereocenters. The number of nitrogens with one attached hydrogen (secondary N) is 2. The molecule has 0 bridgehead atoms. The lowest BCUT2D eigenvalue weighted by atomic mass is 10.2. The Bertz CT molecular complexity index is 561. The maximum atomic E-state index is 12.0. The van der Waals surface area contributed by atoms with Crippen molar-refractivity contribution < 1.29 is 4.79 Å². The van der Waals surface area contributed by atoms with E-state index in [1.54, 1.807) is 12.4 Å². The normalized spacial score (nSPS) is 11.4. The number of amides is 1. The van der Waals surface area contributed by atoms with E-state index in [0.717, 1.165) is 17.6 Å². The molecule has 2 rings (SSSR count). The van der Waals surface area contributed by atoms with Gasteiger partial charge in [0.05, 0.1) is 17.4 Å². The van der Waals surface area contributed by atoms with Gasteiger partial charge in [0, 0.05) is 24.7 Å². The van der Waals surface area contributed by atoms with Crippen LogP contribution < -0.4 is 5.32 Å². The number of hydrogen-bond acceptors (Lipinski definition) is 3. The van der Waals surface area contributed by atoms with Gasteiger partial charge >= 0.3 is 0 Å². The lowest BCUT2D eigenvalue weighted by molar-refractivity contribution is 0.0948. The molecule has 0 atom stereocenters. The SMILES string of the molecule is CC(C)N(C)CCNC(=O)c1ccc2nc[nH]c2c1. The molecule has 0 radical (unpaired) electrons. The van der Waals surface area contributed by atoms with Crippen LogP contribution in [0.15, 0.2) is 24.5 Å². The number of aromatic nitrogens is 2. The largest absolute Gasteiger partial charge is 0.351 e. The molecule has 1 aromatic heterocycles. The molecule has 5 nitrogen and oxygen atoms in total. The summed E-state index contributed by atoms with van der Waals surface area (Å²) in [7, 11) is 2.05. The molecule has 19 heavy (non-hydrogen) atoms. The van der Waals surface area contributed by atoms with Crippen molar-refractivity contribution in [3.8, 4) is 0 Å². The monoisotopic (exact) mass is 260 g/mol. The minimum atomic E-state index is -0.0475. The number of likely N-dealkylation sites (N-methyl/N-ethyl adjacent to an activating group) is 1. The van der Waals surface area contributed by atoms with Crippen molar-refractivity contribution in [2.45, 2.75) is 19.9 Å². The van der Waals surface area contributed by atoms with E-state index in [4.69, 9.17) is 0 Å². The molecule has 0 saturated heterocycles. The Labute approximate surface area is 113 Å². The van der Waals surface area contributed by atoms with Gasteiger partial charge in [-0.05, 0) is 39.1 Å². The van der Waals surface area contributed by atoms with E-state index >= 15 is 0 Å². The highest BCUT2D eigenvalue weighted by Gasteiger charge is 2.08. The van der Waals surface area contributed by atoms with Crippen LogP contribution in [0.5, 0.6) is 0 Å². The Morgan fingerprint density at radius 2 is 2.26 bits per heavy atom. The second-order valence-corrected chi connectivity index (χ2v) is 4.96. The summed E-state index contributed by atoms with van der Waals surface area (Å²) in [6, 6.07) is 5.95. The number of carbonyl (C=O) groups is 1. The third-order valence-electron chi connectivity index (χ3n) is 3.31. The summed E-state index contributed by atoms with van der Waals surface area (Å²) < 4.78 is 0. The topological polar surface area (TPSA) is 61.0 Å². The Hall–Kier alpha value is -1.88. The van der Waals surface area contributed by atoms with Crippen molar-refractivity contribution in [3.05, 3.63) is 30.1 Å². The highest BCUT2D eigenvalue weighted by atomic mass is 16.1. The molecule has 2 N–H and O–H groups in total. The van der Waals surface area contributed by atoms with Gasteiger partial charge < -0.3 is 15.2 Å². The van der Waals surface area contributed by atoms with Crippen molar-refractivity contribution in [2.75, 3.05) is 20.1 Å². The molecular weight excluding hydrogens is 240 g/mol. The van der Waals surface area contributed by atoms with Gasteiger partial charge in [0.25, 0.3) is 5.91 Å². The van der Waals surface area contributed by atoms with Gasteiger partial charge in [-0.1, -0.05) is 0 Å². The molecule has 1 amide bonds. The van der Waals surface area contributed by atoms with Crippen molar-refractivity contribution >= 4 is 16.9 Å². The van der Waals surface area contributed by atoms with Gasteiger partial charge in [-0.2, -0.15) is 0 Å². The average Bonchev–Trinajstić information content (AvgIpc) is 2.85. The number of rotatable bonds is 5. The summed E-state index contributed by atoms with van der Waals surface area (Å²) in [5, 5.41) is 2.93. The molecule has 1 heterocycles. The molecule has 0 aliphatic heterocycles. The van der Waals surface area contributed by atoms with Crippen LogP contribution in [0.4, 0.5) is 0 Å². The fraction of sp³-hybridized carbons (Fsp3) is 0.429. The Balaban J connectivity index is 1.92. The second-order valence-electron chi connectivity index (χ2n) is 4.96. The van der Waals surface area contributed by atoms with Crippen LogP contribution in [0.2, 0.25) is 0 Å². The predicted octanol–water partition coefficient (Wildman–Crippen LogP) is 1.63. The Morgan fingerprint density at radius 3 is 3.00 bits per heavy atom. The highest BCUT2D eigenvalue weighted by Crippen LogP contribution is 2.11. The summed E-state index contributed by atoms with van der Waals surface area (Å²) >= 11 is 0. The Morgan fingerprint density at radius 1 is 1.47 bits per heavy atom. The number of fused-ring (bicyclic) bond motifs is 1. The number of hydrogen-bond donors (Lipinski definition) is 2. The lowest BCUT2D eigenvalue weighted by Crippen LogP contribution is -2.36. The van der Waals surface area contributed by atoms with Crippen LogP contribution in [-0.2, 0) is 0 Å². The van der Waals surface area contributed by atoms with E-state index in [2.05, 4.69) is 34.0 Å². The predicted molar refractivity (Wildman–Crippen MR) is 76.2 cm³/mol. The van der Waals surface area contributed by atoms with Crippen LogP contribution in [0, 0.1) is 0 Å². The number of carbonyl (C=O) groups excluding carboxylic acids is 1. The molecule has 0 aliphatic carbocycles. The first-order valence-corrected chi connectivity index (χ1v) is 6.49. The smallest absolute Gasteiger partial charge is 0.251 e. The molecule has 0 spiro atoms. The quantitative estimate of drug-likeness (QED) is 0.859. The van der Waals surface area contributed by atoms with E-state index in [1.807, 2.05) is 19.2 Å². The third-order valence-corrected chi connectivity index (χ3v) is 3.31. The first-order chi connectivity index (χ1) is 9.08. The maximum absolute atomic E-state index is 12.0. The van der Waals surface area contributed by atoms with Crippen LogP contribution in [-0.4, -0.2) is 47.0 Å². The summed E-state index contributed by atoms with van der Waals surface area (Å²) in [5.74, 6) is -0.0475. The minimum Gasteiger partial charge on any atom is -0.351 e. The highest BCUT2D eigenvalue weighted by molar-refractivity contribution is 5.97. The van der Waals surface area contributed by atoms with Gasteiger partial charge in [0.1, 0.15) is 0 Å². The summed E-state index contributed by atoms with van der Waals surface area (Å²) in [4.78, 5) is 21.3. The van der Waals surface area contributed by atoms with E-state index in [9.17, 15) is 4.79 Å². The van der Waals surface area contributed by atoms with Crippen LogP contribution in [0.25, 0.3) is 11.0 Å². The van der Waals surface area contributed by atoms with E-state index in [1.165, 1.54) is 0 Å². The van der Waals surface area contributed by atoms with Crippen molar-refractivity contribution in [1.82, 2.24) is 20.2 Å². The molecule has 102 valence electrons. The van der Waals surface area contributed by atoms with E-state index < -0.39 is 0 Å². The van der Waals surface area contributed by atoms with Crippen LogP contribution >= 0.6 is 0 Å². The molecule has 1 aromatic carbocycles. The lowest BCUT2D eigenvalue weighted by Gasteiger charge is -2.20. The number of benzene rings is 1. The van der Waals surface area contributed by atoms with Crippen molar-refractivity contribution in [3.63, 3.8) is 0 Å². The van der Waals surface area contributed by atoms with E-state index in [-0.39, 0.29) is 5.91 Å². The molecule has 0 aliphatic rings. The summed E-state index contributed by atoms with van der Waals surface area (Å²) in [6.07, 6.45) is 1.63. The zero-order chi connectivity index (χ0) is 13.8. The molecule has 0 saturated carbocycles. The van der Waals surface area contributed by atoms with Gasteiger partial charge in [-0.15, -0.1) is 0 Å². The minimum absolute atomic E-state index is 0.0475. The average molecular weight is 260 g/mol. The number of nitrogens with zero attached hydrogens (tertiary/aromatic N) is 2. The maximum Gasteiger partial charge on any atom is 0.251 e. The fourth-order valence-corrected chi connectivity index (χ4v) is 1.78. The molecule has 5 heteroatoms. The molecule has 0 fully saturated rings. The van der Waals surface area contributed by atoms with Crippen molar-refractivity contribution in [2.24, 2.45) is 0 Å². The standard InChI is InChI=1S/C14H20N4O/c1-10(2)18(3)7-6-15-14(19)11-4-5-12-13(8-11)17-9-16-12/h4-5,8-10H,6-7H2,1-3H3,(H,15,19)(H,16,17). The zero-order valence-corrected chi connectivity index (χ0v) is 11.6. The summed E-state index contributed by atoms with van der Waals surface area (Å²) in [5.41, 5.74) is 2.41. The first-order valence-electron chi connectivity index (χ1n) is 6.49. The van der Waals surface area contributed by atoms with Gasteiger partial charge in [0.2, 0.25) is 0 Å². The van der Waals surface area contributed by atoms with Gasteiger partial charge in [-0.3, -0.25) is 4.79 Å². The zero-order valence-electron chi connectivity index (χ0n) is 11.6. The fourth-order valence-electron chi connectivity index (χ4n) is 1.78. The first kappa shape index (κ1) is 13.5. The number of aromatic amines is 1. The summed E-state index contributed by atoms with van der Waals surface area (Å²) in [6.45, 7) is 5.76. The van der Waals surface area contributed by atoms with Crippen LogP contribution in [0.1, 0.15) is 24.2 Å². The molecule has 2 aromatic rings. The number of imidazole rings is 1. The van der Waals surface area contributed by atoms with Crippen LogP contribution in [0.3, 0.4) is 0 Å².